The van der Waals surface area contributed by atoms with E-state index >= 15 is 0 Å². The van der Waals surface area contributed by atoms with Gasteiger partial charge in [0.05, 0.1) is 23.3 Å². The number of halogens is 1. The van der Waals surface area contributed by atoms with Gasteiger partial charge in [-0.15, -0.1) is 0 Å². The summed E-state index contributed by atoms with van der Waals surface area (Å²) in [5, 5.41) is 20.0. The number of nitro groups is 1. The van der Waals surface area contributed by atoms with Crippen molar-refractivity contribution in [3.8, 4) is 0 Å². The molecule has 1 aromatic rings. The van der Waals surface area contributed by atoms with Crippen LogP contribution in [0.2, 0.25) is 0 Å². The van der Waals surface area contributed by atoms with E-state index in [1.807, 2.05) is 0 Å². The van der Waals surface area contributed by atoms with E-state index in [0.717, 1.165) is 18.9 Å². The molecule has 0 unspecified atom stereocenters. The van der Waals surface area contributed by atoms with E-state index < -0.39 is 22.3 Å². The number of nitrogens with two attached hydrogens (primary N) is 1. The highest BCUT2D eigenvalue weighted by Crippen LogP contribution is 2.32. The van der Waals surface area contributed by atoms with E-state index in [2.05, 4.69) is 5.43 Å². The number of benzene rings is 1. The first-order chi connectivity index (χ1) is 9.99. The fourth-order valence-electron chi connectivity index (χ4n) is 2.09. The van der Waals surface area contributed by atoms with Gasteiger partial charge in [0.25, 0.3) is 11.6 Å². The number of nitrogen functional groups attached to an aromatic ring is 1. The quantitative estimate of drug-likeness (QED) is 0.402. The summed E-state index contributed by atoms with van der Waals surface area (Å²) >= 11 is 0. The smallest absolute Gasteiger partial charge is 0.285 e. The predicted octanol–water partition coefficient (Wildman–Crippen LogP) is 0.616. The highest BCUT2D eigenvalue weighted by molar-refractivity contribution is 5.99. The minimum absolute atomic E-state index is 0.0383. The summed E-state index contributed by atoms with van der Waals surface area (Å²) in [7, 11) is 0. The van der Waals surface area contributed by atoms with Crippen molar-refractivity contribution in [2.45, 2.75) is 18.9 Å². The molecule has 21 heavy (non-hydrogen) atoms. The molecule has 1 amide bonds. The number of carbonyl (C=O) groups is 1. The number of nitrogens with zero attached hydrogens (tertiary/aromatic N) is 2. The summed E-state index contributed by atoms with van der Waals surface area (Å²) in [6.45, 7) is -0.178. The van der Waals surface area contributed by atoms with Crippen molar-refractivity contribution in [3.05, 3.63) is 33.6 Å². The SMILES string of the molecule is NNc1cc(C(=O)N(CCO)C2CC2)c([N+](=O)[O-])cc1F. The zero-order valence-electron chi connectivity index (χ0n) is 11.1. The maximum atomic E-state index is 13.6. The largest absolute Gasteiger partial charge is 0.395 e. The van der Waals surface area contributed by atoms with Crippen molar-refractivity contribution in [2.75, 3.05) is 18.6 Å². The van der Waals surface area contributed by atoms with Gasteiger partial charge in [0.15, 0.2) is 5.82 Å². The van der Waals surface area contributed by atoms with Crippen molar-refractivity contribution in [3.63, 3.8) is 0 Å². The molecule has 1 saturated carbocycles. The van der Waals surface area contributed by atoms with E-state index in [0.29, 0.717) is 6.07 Å². The van der Waals surface area contributed by atoms with Crippen LogP contribution in [0, 0.1) is 15.9 Å². The zero-order valence-corrected chi connectivity index (χ0v) is 11.1. The maximum absolute atomic E-state index is 13.6. The third-order valence-electron chi connectivity index (χ3n) is 3.26. The molecule has 1 aromatic carbocycles. The molecule has 9 heteroatoms. The minimum Gasteiger partial charge on any atom is -0.395 e. The zero-order chi connectivity index (χ0) is 15.6. The average Bonchev–Trinajstić information content (AvgIpc) is 3.28. The monoisotopic (exact) mass is 298 g/mol. The molecular weight excluding hydrogens is 283 g/mol. The summed E-state index contributed by atoms with van der Waals surface area (Å²) in [4.78, 5) is 24.0. The van der Waals surface area contributed by atoms with Gasteiger partial charge in [-0.3, -0.25) is 20.8 Å². The van der Waals surface area contributed by atoms with Gasteiger partial charge >= 0.3 is 0 Å². The lowest BCUT2D eigenvalue weighted by Gasteiger charge is -2.21. The molecule has 1 fully saturated rings. The fraction of sp³-hybridized carbons (Fsp3) is 0.417. The van der Waals surface area contributed by atoms with E-state index in [1.165, 1.54) is 4.90 Å². The van der Waals surface area contributed by atoms with Crippen molar-refractivity contribution >= 4 is 17.3 Å². The van der Waals surface area contributed by atoms with Gasteiger partial charge in [-0.1, -0.05) is 0 Å². The van der Waals surface area contributed by atoms with Crippen LogP contribution in [0.4, 0.5) is 15.8 Å². The molecule has 0 aliphatic heterocycles. The highest BCUT2D eigenvalue weighted by Gasteiger charge is 2.35. The van der Waals surface area contributed by atoms with Gasteiger partial charge in [-0.2, -0.15) is 0 Å². The molecule has 0 atom stereocenters. The van der Waals surface area contributed by atoms with Gasteiger partial charge in [0.1, 0.15) is 5.56 Å². The number of anilines is 1. The van der Waals surface area contributed by atoms with E-state index in [4.69, 9.17) is 10.9 Å². The Bertz CT molecular complexity index is 577. The standard InChI is InChI=1S/C12H15FN4O4/c13-9-6-11(17(20)21)8(5-10(9)15-14)12(19)16(3-4-18)7-1-2-7/h5-7,15,18H,1-4,14H2. The molecule has 1 aliphatic carbocycles. The lowest BCUT2D eigenvalue weighted by Crippen LogP contribution is -2.36. The number of nitro benzene ring substituents is 1. The Morgan fingerprint density at radius 3 is 2.71 bits per heavy atom. The second kappa shape index (κ2) is 6.02. The number of aliphatic hydroxyl groups is 1. The van der Waals surface area contributed by atoms with Crippen LogP contribution >= 0.6 is 0 Å². The predicted molar refractivity (Wildman–Crippen MR) is 72.0 cm³/mol. The number of hydrazine groups is 1. The molecule has 1 aliphatic rings. The number of amides is 1. The maximum Gasteiger partial charge on any atom is 0.285 e. The fourth-order valence-corrected chi connectivity index (χ4v) is 2.09. The van der Waals surface area contributed by atoms with Crippen LogP contribution < -0.4 is 11.3 Å². The Labute approximate surface area is 119 Å². The third-order valence-corrected chi connectivity index (χ3v) is 3.26. The molecule has 4 N–H and O–H groups in total. The van der Waals surface area contributed by atoms with Crippen LogP contribution in [-0.2, 0) is 0 Å². The molecule has 0 radical (unpaired) electrons. The van der Waals surface area contributed by atoms with Gasteiger partial charge in [0.2, 0.25) is 0 Å². The molecular formula is C12H15FN4O4. The number of rotatable bonds is 6. The molecule has 2 rings (SSSR count). The number of nitrogens with one attached hydrogen (secondary N) is 1. The third kappa shape index (κ3) is 3.09. The Hall–Kier alpha value is -2.26. The summed E-state index contributed by atoms with van der Waals surface area (Å²) in [5.74, 6) is 3.60. The van der Waals surface area contributed by atoms with E-state index in [1.54, 1.807) is 0 Å². The van der Waals surface area contributed by atoms with E-state index in [9.17, 15) is 19.3 Å². The summed E-state index contributed by atoms with van der Waals surface area (Å²) < 4.78 is 13.6. The van der Waals surface area contributed by atoms with Crippen molar-refractivity contribution in [2.24, 2.45) is 5.84 Å². The second-order valence-corrected chi connectivity index (χ2v) is 4.70. The molecule has 114 valence electrons. The van der Waals surface area contributed by atoms with E-state index in [-0.39, 0.29) is 30.4 Å². The van der Waals surface area contributed by atoms with Crippen LogP contribution in [0.5, 0.6) is 0 Å². The van der Waals surface area contributed by atoms with Crippen LogP contribution in [0.15, 0.2) is 12.1 Å². The number of hydrogen-bond donors (Lipinski definition) is 3. The summed E-state index contributed by atoms with van der Waals surface area (Å²) in [5.41, 5.74) is 0.970. The lowest BCUT2D eigenvalue weighted by atomic mass is 10.1. The second-order valence-electron chi connectivity index (χ2n) is 4.70. The Balaban J connectivity index is 2.44. The Morgan fingerprint density at radius 1 is 1.57 bits per heavy atom. The highest BCUT2D eigenvalue weighted by atomic mass is 19.1. The van der Waals surface area contributed by atoms with Crippen molar-refractivity contribution in [1.82, 2.24) is 4.90 Å². The van der Waals surface area contributed by atoms with Gasteiger partial charge in [0, 0.05) is 12.6 Å². The molecule has 0 spiro atoms. The molecule has 8 nitrogen and oxygen atoms in total. The van der Waals surface area contributed by atoms with Crippen LogP contribution in [-0.4, -0.2) is 40.0 Å². The molecule has 0 bridgehead atoms. The van der Waals surface area contributed by atoms with Crippen LogP contribution in [0.3, 0.4) is 0 Å². The topological polar surface area (TPSA) is 122 Å². The minimum atomic E-state index is -0.916. The normalized spacial score (nSPS) is 13.9. The number of hydrogen-bond acceptors (Lipinski definition) is 6. The first-order valence-corrected chi connectivity index (χ1v) is 6.36. The summed E-state index contributed by atoms with van der Waals surface area (Å²) in [6.07, 6.45) is 1.56. The Morgan fingerprint density at radius 2 is 2.24 bits per heavy atom. The summed E-state index contributed by atoms with van der Waals surface area (Å²) in [6, 6.07) is 1.64. The lowest BCUT2D eigenvalue weighted by molar-refractivity contribution is -0.385. The van der Waals surface area contributed by atoms with Crippen LogP contribution in [0.1, 0.15) is 23.2 Å². The van der Waals surface area contributed by atoms with Gasteiger partial charge < -0.3 is 15.4 Å². The molecule has 0 aromatic heterocycles. The van der Waals surface area contributed by atoms with Gasteiger partial charge in [-0.05, 0) is 18.9 Å². The first kappa shape index (κ1) is 15.1. The molecule has 0 heterocycles. The van der Waals surface area contributed by atoms with Crippen molar-refractivity contribution < 1.29 is 19.2 Å². The Kier molecular flexibility index (Phi) is 4.34. The molecule has 0 saturated heterocycles. The van der Waals surface area contributed by atoms with Crippen LogP contribution in [0.25, 0.3) is 0 Å². The number of aliphatic hydroxyl groups excluding tert-OH is 1. The average molecular weight is 298 g/mol. The first-order valence-electron chi connectivity index (χ1n) is 6.36. The van der Waals surface area contributed by atoms with Crippen molar-refractivity contribution in [1.29, 1.82) is 0 Å². The number of carbonyl (C=O) groups excluding carboxylic acids is 1. The van der Waals surface area contributed by atoms with Gasteiger partial charge in [-0.25, -0.2) is 4.39 Å².